The number of nitrogens with zero attached hydrogens (tertiary/aromatic N) is 2. The van der Waals surface area contributed by atoms with Crippen molar-refractivity contribution in [2.45, 2.75) is 13.1 Å². The lowest BCUT2D eigenvalue weighted by Gasteiger charge is -2.03. The van der Waals surface area contributed by atoms with Crippen LogP contribution in [-0.2, 0) is 32.2 Å². The summed E-state index contributed by atoms with van der Waals surface area (Å²) in [5.74, 6) is -1.36. The lowest BCUT2D eigenvalue weighted by molar-refractivity contribution is -0.141. The highest BCUT2D eigenvalue weighted by Crippen LogP contribution is 2.22. The van der Waals surface area contributed by atoms with Crippen LogP contribution in [-0.4, -0.2) is 40.4 Å². The van der Waals surface area contributed by atoms with E-state index in [4.69, 9.17) is 12.2 Å². The van der Waals surface area contributed by atoms with Crippen molar-refractivity contribution in [2.75, 3.05) is 14.2 Å². The van der Waals surface area contributed by atoms with Crippen LogP contribution in [0.1, 0.15) is 5.69 Å². The number of carbonyl (C=O) groups excluding carboxylic acids is 2. The number of imidazole rings is 1. The first kappa shape index (κ1) is 15.0. The summed E-state index contributed by atoms with van der Waals surface area (Å²) in [4.78, 5) is 22.5. The van der Waals surface area contributed by atoms with Crippen molar-refractivity contribution in [3.05, 3.63) is 17.0 Å². The average Bonchev–Trinajstić information content (AvgIpc) is 2.62. The second-order valence-electron chi connectivity index (χ2n) is 3.52. The molecule has 1 heterocycles. The fraction of sp³-hybridized carbons (Fsp3) is 0.364. The fourth-order valence-electron chi connectivity index (χ4n) is 1.48. The van der Waals surface area contributed by atoms with Gasteiger partial charge in [-0.25, -0.2) is 0 Å². The molecule has 19 heavy (non-hydrogen) atoms. The van der Waals surface area contributed by atoms with E-state index < -0.39 is 11.9 Å². The molecule has 0 atom stereocenters. The zero-order valence-corrected chi connectivity index (χ0v) is 11.4. The molecular weight excluding hydrogens is 272 g/mol. The molecule has 0 aliphatic heterocycles. The van der Waals surface area contributed by atoms with Gasteiger partial charge in [-0.3, -0.25) is 14.2 Å². The normalized spacial score (nSPS) is 10.0. The van der Waals surface area contributed by atoms with E-state index in [1.807, 2.05) is 0 Å². The molecule has 0 radical (unpaired) electrons. The number of aromatic hydroxyl groups is 1. The Bertz CT molecular complexity index is 572. The highest BCUT2D eigenvalue weighted by molar-refractivity contribution is 7.71. The van der Waals surface area contributed by atoms with Gasteiger partial charge in [0, 0.05) is 0 Å². The number of rotatable bonds is 5. The van der Waals surface area contributed by atoms with E-state index in [-0.39, 0.29) is 29.4 Å². The molecule has 0 unspecified atom stereocenters. The molecule has 1 aromatic rings. The van der Waals surface area contributed by atoms with Crippen molar-refractivity contribution in [2.24, 2.45) is 0 Å². The smallest absolute Gasteiger partial charge is 0.325 e. The molecule has 0 aliphatic rings. The van der Waals surface area contributed by atoms with Crippen molar-refractivity contribution < 1.29 is 24.2 Å². The average molecular weight is 286 g/mol. The molecule has 104 valence electrons. The van der Waals surface area contributed by atoms with E-state index in [1.54, 1.807) is 0 Å². The molecule has 0 saturated heterocycles. The number of hydrogen-bond acceptors (Lipinski definition) is 6. The van der Waals surface area contributed by atoms with Gasteiger partial charge in [0.2, 0.25) is 5.88 Å². The van der Waals surface area contributed by atoms with E-state index >= 15 is 0 Å². The van der Waals surface area contributed by atoms with Gasteiger partial charge in [-0.2, -0.15) is 0 Å². The van der Waals surface area contributed by atoms with Gasteiger partial charge in [-0.15, -0.1) is 0 Å². The van der Waals surface area contributed by atoms with Crippen molar-refractivity contribution in [1.29, 1.82) is 0 Å². The van der Waals surface area contributed by atoms with Crippen LogP contribution in [0.3, 0.4) is 0 Å². The summed E-state index contributed by atoms with van der Waals surface area (Å²) in [6, 6.07) is 0. The quantitative estimate of drug-likeness (QED) is 0.634. The van der Waals surface area contributed by atoms with E-state index in [9.17, 15) is 14.7 Å². The third-order valence-corrected chi connectivity index (χ3v) is 2.90. The van der Waals surface area contributed by atoms with Crippen LogP contribution < -0.4 is 0 Å². The predicted octanol–water partition coefficient (Wildman–Crippen LogP) is 0.714. The summed E-state index contributed by atoms with van der Waals surface area (Å²) in [5, 5.41) is 9.96. The maximum absolute atomic E-state index is 11.3. The van der Waals surface area contributed by atoms with Crippen LogP contribution in [0, 0.1) is 4.77 Å². The molecule has 7 nitrogen and oxygen atoms in total. The first-order valence-electron chi connectivity index (χ1n) is 5.24. The Kier molecular flexibility index (Phi) is 4.87. The summed E-state index contributed by atoms with van der Waals surface area (Å²) in [6.45, 7) is 3.09. The van der Waals surface area contributed by atoms with Crippen LogP contribution in [0.25, 0.3) is 6.08 Å². The zero-order valence-electron chi connectivity index (χ0n) is 10.6. The Morgan fingerprint density at radius 3 is 2.16 bits per heavy atom. The van der Waals surface area contributed by atoms with Crippen molar-refractivity contribution >= 4 is 30.2 Å². The molecule has 0 bridgehead atoms. The molecule has 1 rings (SSSR count). The lowest BCUT2D eigenvalue weighted by Crippen LogP contribution is -2.15. The minimum Gasteiger partial charge on any atom is -0.493 e. The summed E-state index contributed by atoms with van der Waals surface area (Å²) in [7, 11) is 2.47. The van der Waals surface area contributed by atoms with E-state index in [2.05, 4.69) is 16.1 Å². The molecule has 8 heteroatoms. The molecule has 0 saturated carbocycles. The van der Waals surface area contributed by atoms with E-state index in [0.717, 1.165) is 4.57 Å². The molecule has 0 fully saturated rings. The Balaban J connectivity index is 3.28. The van der Waals surface area contributed by atoms with Crippen LogP contribution in [0.2, 0.25) is 0 Å². The summed E-state index contributed by atoms with van der Waals surface area (Å²) in [5.41, 5.74) is 0.235. The monoisotopic (exact) mass is 286 g/mol. The first-order valence-corrected chi connectivity index (χ1v) is 5.65. The van der Waals surface area contributed by atoms with Gasteiger partial charge >= 0.3 is 11.9 Å². The molecule has 0 aliphatic carbocycles. The zero-order chi connectivity index (χ0) is 14.6. The summed E-state index contributed by atoms with van der Waals surface area (Å²) in [6.07, 6.45) is 1.34. The largest absolute Gasteiger partial charge is 0.493 e. The second kappa shape index (κ2) is 6.19. The number of esters is 2. The Labute approximate surface area is 114 Å². The summed E-state index contributed by atoms with van der Waals surface area (Å²) >= 11 is 5.10. The third-order valence-electron chi connectivity index (χ3n) is 2.46. The molecular formula is C11H14N2O5S. The number of methoxy groups -OCH3 is 2. The van der Waals surface area contributed by atoms with Gasteiger partial charge < -0.3 is 19.1 Å². The molecule has 0 aromatic carbocycles. The molecule has 1 N–H and O–H groups in total. The number of carbonyl (C=O) groups is 2. The van der Waals surface area contributed by atoms with E-state index in [0.29, 0.717) is 0 Å². The third kappa shape index (κ3) is 3.02. The molecule has 0 amide bonds. The maximum Gasteiger partial charge on any atom is 0.325 e. The van der Waals surface area contributed by atoms with Crippen LogP contribution in [0.15, 0.2) is 6.58 Å². The minimum atomic E-state index is -0.572. The van der Waals surface area contributed by atoms with Gasteiger partial charge in [0.1, 0.15) is 18.8 Å². The van der Waals surface area contributed by atoms with Crippen LogP contribution in [0.4, 0.5) is 0 Å². The van der Waals surface area contributed by atoms with Crippen molar-refractivity contribution in [3.63, 3.8) is 0 Å². The number of hydrogen-bond donors (Lipinski definition) is 1. The number of aromatic nitrogens is 2. The maximum atomic E-state index is 11.3. The molecule has 1 aromatic heterocycles. The Morgan fingerprint density at radius 1 is 1.26 bits per heavy atom. The van der Waals surface area contributed by atoms with Crippen LogP contribution in [0.5, 0.6) is 5.88 Å². The number of ether oxygens (including phenoxy) is 2. The second-order valence-corrected chi connectivity index (χ2v) is 3.89. The fourth-order valence-corrected chi connectivity index (χ4v) is 1.80. The van der Waals surface area contributed by atoms with Gasteiger partial charge in [-0.1, -0.05) is 6.58 Å². The van der Waals surface area contributed by atoms with Crippen molar-refractivity contribution in [1.82, 2.24) is 9.13 Å². The SMILES string of the molecule is C=Cc1c(O)n(CC(=O)OC)c(=S)n1CC(=O)OC. The minimum absolute atomic E-state index is 0.100. The lowest BCUT2D eigenvalue weighted by atomic mass is 10.4. The van der Waals surface area contributed by atoms with Gasteiger partial charge in [0.25, 0.3) is 0 Å². The van der Waals surface area contributed by atoms with Crippen molar-refractivity contribution in [3.8, 4) is 5.88 Å². The topological polar surface area (TPSA) is 82.7 Å². The van der Waals surface area contributed by atoms with Gasteiger partial charge in [0.15, 0.2) is 4.77 Å². The standard InChI is InChI=1S/C11H14N2O5S/c1-4-7-10(16)13(6-9(15)18-3)11(19)12(7)5-8(14)17-2/h4,16H,1,5-6H2,2-3H3. The first-order chi connectivity index (χ1) is 8.96. The Morgan fingerprint density at radius 2 is 1.74 bits per heavy atom. The summed E-state index contributed by atoms with van der Waals surface area (Å²) < 4.78 is 11.6. The van der Waals surface area contributed by atoms with Gasteiger partial charge in [-0.05, 0) is 18.3 Å². The molecule has 0 spiro atoms. The highest BCUT2D eigenvalue weighted by atomic mass is 32.1. The highest BCUT2D eigenvalue weighted by Gasteiger charge is 2.19. The van der Waals surface area contributed by atoms with Gasteiger partial charge in [0.05, 0.1) is 14.2 Å². The predicted molar refractivity (Wildman–Crippen MR) is 69.0 cm³/mol. The Hall–Kier alpha value is -2.09. The van der Waals surface area contributed by atoms with E-state index in [1.165, 1.54) is 24.9 Å². The van der Waals surface area contributed by atoms with Crippen LogP contribution >= 0.6 is 12.2 Å².